The van der Waals surface area contributed by atoms with Crippen molar-refractivity contribution in [3.05, 3.63) is 35.1 Å². The number of Topliss-reactive ketones (excluding diaryl/α,β-unsaturated/α-hetero) is 1. The molecule has 0 atom stereocenters. The van der Waals surface area contributed by atoms with Gasteiger partial charge in [0.05, 0.1) is 6.54 Å². The standard InChI is InChI=1S/C14H19FN2O/c1-11-8-13(15)3-2-12(11)9-14(18)10-17-6-4-16-5-7-17/h2-3,8,16H,4-7,9-10H2,1H3. The number of hydrogen-bond acceptors (Lipinski definition) is 3. The number of nitrogens with zero attached hydrogens (tertiary/aromatic N) is 1. The molecule has 0 unspecified atom stereocenters. The Labute approximate surface area is 107 Å². The summed E-state index contributed by atoms with van der Waals surface area (Å²) < 4.78 is 13.0. The Balaban J connectivity index is 1.90. The first-order valence-electron chi connectivity index (χ1n) is 6.35. The average Bonchev–Trinajstić information content (AvgIpc) is 2.34. The molecule has 0 spiro atoms. The third kappa shape index (κ3) is 3.62. The molecular weight excluding hydrogens is 231 g/mol. The fourth-order valence-corrected chi connectivity index (χ4v) is 2.24. The van der Waals surface area contributed by atoms with E-state index >= 15 is 0 Å². The number of nitrogens with one attached hydrogen (secondary N) is 1. The molecule has 1 fully saturated rings. The Hall–Kier alpha value is -1.26. The van der Waals surface area contributed by atoms with Gasteiger partial charge in [0.25, 0.3) is 0 Å². The van der Waals surface area contributed by atoms with Gasteiger partial charge in [-0.3, -0.25) is 9.69 Å². The van der Waals surface area contributed by atoms with E-state index in [1.54, 1.807) is 6.07 Å². The van der Waals surface area contributed by atoms with Crippen LogP contribution in [0.2, 0.25) is 0 Å². The van der Waals surface area contributed by atoms with Crippen molar-refractivity contribution in [2.45, 2.75) is 13.3 Å². The second-order valence-electron chi connectivity index (χ2n) is 4.81. The van der Waals surface area contributed by atoms with E-state index in [9.17, 15) is 9.18 Å². The zero-order chi connectivity index (χ0) is 13.0. The number of ketones is 1. The molecule has 0 saturated carbocycles. The Morgan fingerprint density at radius 1 is 1.39 bits per heavy atom. The highest BCUT2D eigenvalue weighted by Crippen LogP contribution is 2.11. The summed E-state index contributed by atoms with van der Waals surface area (Å²) in [5, 5.41) is 3.26. The third-order valence-electron chi connectivity index (χ3n) is 3.30. The predicted molar refractivity (Wildman–Crippen MR) is 69.2 cm³/mol. The van der Waals surface area contributed by atoms with Crippen LogP contribution >= 0.6 is 0 Å². The molecule has 0 amide bonds. The Morgan fingerprint density at radius 2 is 2.11 bits per heavy atom. The van der Waals surface area contributed by atoms with Gasteiger partial charge in [0, 0.05) is 32.6 Å². The van der Waals surface area contributed by atoms with Gasteiger partial charge in [-0.15, -0.1) is 0 Å². The van der Waals surface area contributed by atoms with E-state index < -0.39 is 0 Å². The minimum absolute atomic E-state index is 0.201. The molecule has 2 rings (SSSR count). The topological polar surface area (TPSA) is 32.3 Å². The van der Waals surface area contributed by atoms with Crippen molar-refractivity contribution in [2.24, 2.45) is 0 Å². The van der Waals surface area contributed by atoms with Gasteiger partial charge in [0.15, 0.2) is 5.78 Å². The summed E-state index contributed by atoms with van der Waals surface area (Å²) in [6, 6.07) is 4.61. The van der Waals surface area contributed by atoms with E-state index in [0.29, 0.717) is 13.0 Å². The second kappa shape index (κ2) is 6.07. The smallest absolute Gasteiger partial charge is 0.151 e. The fourth-order valence-electron chi connectivity index (χ4n) is 2.24. The van der Waals surface area contributed by atoms with Crippen LogP contribution in [0.15, 0.2) is 18.2 Å². The summed E-state index contributed by atoms with van der Waals surface area (Å²) in [5.41, 5.74) is 1.78. The molecule has 0 aliphatic carbocycles. The summed E-state index contributed by atoms with van der Waals surface area (Å²) in [7, 11) is 0. The summed E-state index contributed by atoms with van der Waals surface area (Å²) in [4.78, 5) is 14.1. The largest absolute Gasteiger partial charge is 0.314 e. The van der Waals surface area contributed by atoms with Crippen LogP contribution in [-0.2, 0) is 11.2 Å². The van der Waals surface area contributed by atoms with Gasteiger partial charge in [-0.1, -0.05) is 6.07 Å². The Bertz CT molecular complexity index is 428. The summed E-state index contributed by atoms with van der Waals surface area (Å²) in [6.07, 6.45) is 0.399. The van der Waals surface area contributed by atoms with E-state index in [0.717, 1.165) is 37.3 Å². The molecule has 4 heteroatoms. The molecule has 18 heavy (non-hydrogen) atoms. The van der Waals surface area contributed by atoms with Gasteiger partial charge >= 0.3 is 0 Å². The lowest BCUT2D eigenvalue weighted by Crippen LogP contribution is -2.45. The Morgan fingerprint density at radius 3 is 2.78 bits per heavy atom. The molecule has 0 aromatic heterocycles. The first kappa shape index (κ1) is 13.2. The number of hydrogen-bond donors (Lipinski definition) is 1. The van der Waals surface area contributed by atoms with Crippen molar-refractivity contribution >= 4 is 5.78 Å². The highest BCUT2D eigenvalue weighted by molar-refractivity contribution is 5.83. The number of halogens is 1. The Kier molecular flexibility index (Phi) is 4.44. The normalized spacial score (nSPS) is 16.8. The van der Waals surface area contributed by atoms with E-state index in [4.69, 9.17) is 0 Å². The first-order chi connectivity index (χ1) is 8.65. The molecule has 0 radical (unpaired) electrons. The maximum Gasteiger partial charge on any atom is 0.151 e. The number of carbonyl (C=O) groups excluding carboxylic acids is 1. The second-order valence-corrected chi connectivity index (χ2v) is 4.81. The number of carbonyl (C=O) groups is 1. The monoisotopic (exact) mass is 250 g/mol. The maximum atomic E-state index is 13.0. The summed E-state index contributed by atoms with van der Waals surface area (Å²) in [6.45, 7) is 6.09. The van der Waals surface area contributed by atoms with Crippen molar-refractivity contribution in [3.8, 4) is 0 Å². The zero-order valence-electron chi connectivity index (χ0n) is 10.7. The van der Waals surface area contributed by atoms with Crippen molar-refractivity contribution in [3.63, 3.8) is 0 Å². The van der Waals surface area contributed by atoms with Gasteiger partial charge in [-0.2, -0.15) is 0 Å². The number of rotatable bonds is 4. The predicted octanol–water partition coefficient (Wildman–Crippen LogP) is 1.15. The molecule has 1 N–H and O–H groups in total. The van der Waals surface area contributed by atoms with E-state index in [2.05, 4.69) is 10.2 Å². The summed E-state index contributed by atoms with van der Waals surface area (Å²) in [5.74, 6) is -0.0441. The van der Waals surface area contributed by atoms with Gasteiger partial charge in [-0.25, -0.2) is 4.39 Å². The van der Waals surface area contributed by atoms with E-state index in [1.165, 1.54) is 12.1 Å². The minimum atomic E-state index is -0.245. The summed E-state index contributed by atoms with van der Waals surface area (Å²) >= 11 is 0. The van der Waals surface area contributed by atoms with Crippen LogP contribution < -0.4 is 5.32 Å². The number of benzene rings is 1. The van der Waals surface area contributed by atoms with Crippen LogP contribution in [0.5, 0.6) is 0 Å². The number of aryl methyl sites for hydroxylation is 1. The van der Waals surface area contributed by atoms with E-state index in [1.807, 2.05) is 6.92 Å². The van der Waals surface area contributed by atoms with Crippen molar-refractivity contribution in [2.75, 3.05) is 32.7 Å². The van der Waals surface area contributed by atoms with Crippen molar-refractivity contribution in [1.29, 1.82) is 0 Å². The van der Waals surface area contributed by atoms with Crippen LogP contribution in [0.4, 0.5) is 4.39 Å². The molecule has 1 aliphatic rings. The first-order valence-corrected chi connectivity index (χ1v) is 6.35. The van der Waals surface area contributed by atoms with Gasteiger partial charge in [0.1, 0.15) is 5.82 Å². The van der Waals surface area contributed by atoms with Crippen LogP contribution in [-0.4, -0.2) is 43.4 Å². The molecule has 0 bridgehead atoms. The molecule has 1 aromatic rings. The van der Waals surface area contributed by atoms with Crippen LogP contribution in [0.1, 0.15) is 11.1 Å². The third-order valence-corrected chi connectivity index (χ3v) is 3.30. The van der Waals surface area contributed by atoms with Crippen molar-refractivity contribution in [1.82, 2.24) is 10.2 Å². The highest BCUT2D eigenvalue weighted by Gasteiger charge is 2.14. The molecule has 1 heterocycles. The maximum absolute atomic E-state index is 13.0. The van der Waals surface area contributed by atoms with Crippen LogP contribution in [0.3, 0.4) is 0 Å². The van der Waals surface area contributed by atoms with E-state index in [-0.39, 0.29) is 11.6 Å². The zero-order valence-corrected chi connectivity index (χ0v) is 10.7. The lowest BCUT2D eigenvalue weighted by molar-refractivity contribution is -0.119. The molecule has 1 saturated heterocycles. The van der Waals surface area contributed by atoms with Gasteiger partial charge in [-0.05, 0) is 30.2 Å². The van der Waals surface area contributed by atoms with Crippen molar-refractivity contribution < 1.29 is 9.18 Å². The molecule has 3 nitrogen and oxygen atoms in total. The molecule has 98 valence electrons. The van der Waals surface area contributed by atoms with Gasteiger partial charge < -0.3 is 5.32 Å². The number of piperazine rings is 1. The SMILES string of the molecule is Cc1cc(F)ccc1CC(=O)CN1CCNCC1. The van der Waals surface area contributed by atoms with Gasteiger partial charge in [0.2, 0.25) is 0 Å². The molecular formula is C14H19FN2O. The molecule has 1 aliphatic heterocycles. The minimum Gasteiger partial charge on any atom is -0.314 e. The lowest BCUT2D eigenvalue weighted by Gasteiger charge is -2.26. The average molecular weight is 250 g/mol. The fraction of sp³-hybridized carbons (Fsp3) is 0.500. The van der Waals surface area contributed by atoms with Crippen LogP contribution in [0, 0.1) is 12.7 Å². The molecule has 1 aromatic carbocycles. The highest BCUT2D eigenvalue weighted by atomic mass is 19.1. The van der Waals surface area contributed by atoms with Crippen LogP contribution in [0.25, 0.3) is 0 Å². The lowest BCUT2D eigenvalue weighted by atomic mass is 10.0. The quantitative estimate of drug-likeness (QED) is 0.870.